The summed E-state index contributed by atoms with van der Waals surface area (Å²) >= 11 is 0. The van der Waals surface area contributed by atoms with Gasteiger partial charge in [0.1, 0.15) is 5.75 Å². The molecular formula is C11H16N2O3. The van der Waals surface area contributed by atoms with Crippen molar-refractivity contribution in [3.63, 3.8) is 0 Å². The van der Waals surface area contributed by atoms with Gasteiger partial charge in [0.25, 0.3) is 0 Å². The third-order valence-corrected chi connectivity index (χ3v) is 2.42. The van der Waals surface area contributed by atoms with Crippen LogP contribution in [0.25, 0.3) is 0 Å². The van der Waals surface area contributed by atoms with Crippen LogP contribution in [0.4, 0.5) is 0 Å². The summed E-state index contributed by atoms with van der Waals surface area (Å²) in [6, 6.07) is 7.13. The number of rotatable bonds is 5. The molecule has 0 bridgehead atoms. The first-order chi connectivity index (χ1) is 7.54. The third-order valence-electron chi connectivity index (χ3n) is 2.42. The molecule has 0 fully saturated rings. The molecule has 1 aromatic rings. The molecule has 16 heavy (non-hydrogen) atoms. The molecule has 0 amide bonds. The van der Waals surface area contributed by atoms with Gasteiger partial charge >= 0.3 is 0 Å². The minimum Gasteiger partial charge on any atom is -0.497 e. The Bertz CT molecular complexity index is 366. The van der Waals surface area contributed by atoms with Crippen molar-refractivity contribution in [1.29, 1.82) is 0 Å². The standard InChI is InChI=1S/C11H16N2O3/c1-12(2)11(8-13(14)15)9-5-4-6-10(7-9)16-3/h4-7,11H,8H2,1-3H3. The Labute approximate surface area is 94.8 Å². The number of hydrogen-bond acceptors (Lipinski definition) is 4. The Kier molecular flexibility index (Phi) is 4.25. The van der Waals surface area contributed by atoms with E-state index in [1.165, 1.54) is 0 Å². The molecule has 0 aliphatic rings. The molecule has 0 aromatic heterocycles. The lowest BCUT2D eigenvalue weighted by atomic mass is 10.1. The highest BCUT2D eigenvalue weighted by Crippen LogP contribution is 2.22. The molecule has 0 heterocycles. The first-order valence-corrected chi connectivity index (χ1v) is 4.96. The highest BCUT2D eigenvalue weighted by Gasteiger charge is 2.20. The molecular weight excluding hydrogens is 208 g/mol. The van der Waals surface area contributed by atoms with Gasteiger partial charge in [-0.25, -0.2) is 0 Å². The van der Waals surface area contributed by atoms with E-state index in [-0.39, 0.29) is 17.5 Å². The lowest BCUT2D eigenvalue weighted by Crippen LogP contribution is -2.26. The minimum absolute atomic E-state index is 0.111. The molecule has 5 nitrogen and oxygen atoms in total. The molecule has 0 radical (unpaired) electrons. The third kappa shape index (κ3) is 3.20. The quantitative estimate of drug-likeness (QED) is 0.562. The number of benzene rings is 1. The van der Waals surface area contributed by atoms with Crippen molar-refractivity contribution in [2.24, 2.45) is 0 Å². The van der Waals surface area contributed by atoms with Crippen LogP contribution in [-0.4, -0.2) is 37.6 Å². The topological polar surface area (TPSA) is 55.6 Å². The van der Waals surface area contributed by atoms with E-state index in [2.05, 4.69) is 0 Å². The molecule has 5 heteroatoms. The van der Waals surface area contributed by atoms with E-state index >= 15 is 0 Å². The smallest absolute Gasteiger partial charge is 0.223 e. The van der Waals surface area contributed by atoms with Gasteiger partial charge in [-0.2, -0.15) is 0 Å². The van der Waals surface area contributed by atoms with Gasteiger partial charge in [0.2, 0.25) is 6.54 Å². The molecule has 0 aliphatic carbocycles. The van der Waals surface area contributed by atoms with Crippen molar-refractivity contribution in [2.75, 3.05) is 27.7 Å². The molecule has 1 atom stereocenters. The molecule has 0 saturated carbocycles. The van der Waals surface area contributed by atoms with E-state index in [1.807, 2.05) is 43.3 Å². The zero-order chi connectivity index (χ0) is 12.1. The van der Waals surface area contributed by atoms with Gasteiger partial charge in [0.15, 0.2) is 0 Å². The normalized spacial score (nSPS) is 12.5. The zero-order valence-electron chi connectivity index (χ0n) is 9.71. The monoisotopic (exact) mass is 224 g/mol. The van der Waals surface area contributed by atoms with Crippen molar-refractivity contribution in [2.45, 2.75) is 6.04 Å². The summed E-state index contributed by atoms with van der Waals surface area (Å²) in [6.07, 6.45) is 0. The van der Waals surface area contributed by atoms with Gasteiger partial charge in [0.05, 0.1) is 13.2 Å². The number of nitrogens with zero attached hydrogens (tertiary/aromatic N) is 2. The van der Waals surface area contributed by atoms with E-state index < -0.39 is 0 Å². The van der Waals surface area contributed by atoms with Gasteiger partial charge in [-0.1, -0.05) is 12.1 Å². The Hall–Kier alpha value is -1.62. The lowest BCUT2D eigenvalue weighted by Gasteiger charge is -2.21. The Balaban J connectivity index is 2.95. The number of nitro groups is 1. The first-order valence-electron chi connectivity index (χ1n) is 4.96. The molecule has 0 aliphatic heterocycles. The van der Waals surface area contributed by atoms with Crippen LogP contribution in [-0.2, 0) is 0 Å². The van der Waals surface area contributed by atoms with Crippen LogP contribution in [0.2, 0.25) is 0 Å². The van der Waals surface area contributed by atoms with Crippen LogP contribution in [0, 0.1) is 10.1 Å². The Morgan fingerprint density at radius 3 is 2.69 bits per heavy atom. The fourth-order valence-corrected chi connectivity index (χ4v) is 1.56. The summed E-state index contributed by atoms with van der Waals surface area (Å²) in [5.74, 6) is 0.715. The van der Waals surface area contributed by atoms with E-state index in [9.17, 15) is 10.1 Å². The molecule has 0 N–H and O–H groups in total. The molecule has 1 unspecified atom stereocenters. The fraction of sp³-hybridized carbons (Fsp3) is 0.455. The highest BCUT2D eigenvalue weighted by molar-refractivity contribution is 5.30. The average molecular weight is 224 g/mol. The van der Waals surface area contributed by atoms with E-state index in [1.54, 1.807) is 7.11 Å². The van der Waals surface area contributed by atoms with Crippen molar-refractivity contribution in [3.05, 3.63) is 39.9 Å². The predicted molar refractivity (Wildman–Crippen MR) is 61.3 cm³/mol. The summed E-state index contributed by atoms with van der Waals surface area (Å²) in [7, 11) is 5.23. The molecule has 0 spiro atoms. The maximum atomic E-state index is 10.6. The number of ether oxygens (including phenoxy) is 1. The van der Waals surface area contributed by atoms with Gasteiger partial charge in [-0.05, 0) is 31.8 Å². The second-order valence-corrected chi connectivity index (χ2v) is 3.77. The second kappa shape index (κ2) is 5.46. The highest BCUT2D eigenvalue weighted by atomic mass is 16.6. The van der Waals surface area contributed by atoms with Crippen molar-refractivity contribution >= 4 is 0 Å². The van der Waals surface area contributed by atoms with Crippen LogP contribution in [0.5, 0.6) is 5.75 Å². The number of methoxy groups -OCH3 is 1. The van der Waals surface area contributed by atoms with Crippen LogP contribution < -0.4 is 4.74 Å². The van der Waals surface area contributed by atoms with E-state index in [4.69, 9.17) is 4.74 Å². The summed E-state index contributed by atoms with van der Waals surface area (Å²) in [5.41, 5.74) is 0.890. The van der Waals surface area contributed by atoms with Crippen LogP contribution >= 0.6 is 0 Å². The van der Waals surface area contributed by atoms with Gasteiger partial charge < -0.3 is 4.74 Å². The van der Waals surface area contributed by atoms with Crippen LogP contribution in [0.1, 0.15) is 11.6 Å². The van der Waals surface area contributed by atoms with Gasteiger partial charge in [-0.3, -0.25) is 15.0 Å². The number of hydrogen-bond donors (Lipinski definition) is 0. The molecule has 1 rings (SSSR count). The fourth-order valence-electron chi connectivity index (χ4n) is 1.56. The Morgan fingerprint density at radius 1 is 1.50 bits per heavy atom. The average Bonchev–Trinajstić information content (AvgIpc) is 2.25. The van der Waals surface area contributed by atoms with Crippen LogP contribution in [0.3, 0.4) is 0 Å². The summed E-state index contributed by atoms with van der Waals surface area (Å²) in [6.45, 7) is -0.111. The summed E-state index contributed by atoms with van der Waals surface area (Å²) in [4.78, 5) is 12.1. The zero-order valence-corrected chi connectivity index (χ0v) is 9.71. The van der Waals surface area contributed by atoms with Crippen molar-refractivity contribution < 1.29 is 9.66 Å². The van der Waals surface area contributed by atoms with Crippen LogP contribution in [0.15, 0.2) is 24.3 Å². The van der Waals surface area contributed by atoms with E-state index in [0.717, 1.165) is 5.56 Å². The second-order valence-electron chi connectivity index (χ2n) is 3.77. The van der Waals surface area contributed by atoms with Gasteiger partial charge in [0, 0.05) is 4.92 Å². The first kappa shape index (κ1) is 12.4. The van der Waals surface area contributed by atoms with Gasteiger partial charge in [-0.15, -0.1) is 0 Å². The Morgan fingerprint density at radius 2 is 2.19 bits per heavy atom. The summed E-state index contributed by atoms with van der Waals surface area (Å²) in [5, 5.41) is 10.6. The molecule has 88 valence electrons. The maximum Gasteiger partial charge on any atom is 0.223 e. The van der Waals surface area contributed by atoms with Crippen molar-refractivity contribution in [3.8, 4) is 5.75 Å². The summed E-state index contributed by atoms with van der Waals surface area (Å²) < 4.78 is 5.10. The lowest BCUT2D eigenvalue weighted by molar-refractivity contribution is -0.487. The number of likely N-dealkylation sites (N-methyl/N-ethyl adjacent to an activating group) is 1. The predicted octanol–water partition coefficient (Wildman–Crippen LogP) is 1.57. The molecule has 1 aromatic carbocycles. The maximum absolute atomic E-state index is 10.6. The SMILES string of the molecule is COc1cccc(C(C[N+](=O)[O-])N(C)C)c1. The van der Waals surface area contributed by atoms with E-state index in [0.29, 0.717) is 5.75 Å². The minimum atomic E-state index is -0.301. The van der Waals surface area contributed by atoms with Crippen molar-refractivity contribution in [1.82, 2.24) is 4.90 Å². The molecule has 0 saturated heterocycles. The largest absolute Gasteiger partial charge is 0.497 e.